The molecule has 4 aromatic rings. The number of imide groups is 2. The second-order valence-electron chi connectivity index (χ2n) is 11.2. The highest BCUT2D eigenvalue weighted by Crippen LogP contribution is 2.57. The van der Waals surface area contributed by atoms with Gasteiger partial charge >= 0.3 is 24.7 Å². The zero-order valence-electron chi connectivity index (χ0n) is 24.6. The van der Waals surface area contributed by atoms with Crippen LogP contribution in [0.2, 0.25) is 0 Å². The second-order valence-corrected chi connectivity index (χ2v) is 11.2. The van der Waals surface area contributed by atoms with Crippen molar-refractivity contribution in [2.75, 3.05) is 9.80 Å². The standard InChI is InChI=1S/C33H14F12N2O4/c34-30(35,36)15-1-7-19(8-2-15)46-25(48)21-11-5-17(13-23(21)27(46)50)29(32(40,41)42,33(43,44)45)18-6-12-22-24(14-18)28(51)47(26(22)49)20-9-3-16(4-10-20)31(37,38)39/h1-14H. The molecule has 6 nitrogen and oxygen atoms in total. The monoisotopic (exact) mass is 730 g/mol. The molecule has 0 saturated heterocycles. The number of amides is 4. The number of fused-ring (bicyclic) bond motifs is 2. The molecule has 0 bridgehead atoms. The zero-order chi connectivity index (χ0) is 37.6. The Labute approximate surface area is 276 Å². The van der Waals surface area contributed by atoms with Gasteiger partial charge in [-0.2, -0.15) is 52.7 Å². The fraction of sp³-hybridized carbons (Fsp3) is 0.152. The molecule has 51 heavy (non-hydrogen) atoms. The lowest BCUT2D eigenvalue weighted by atomic mass is 9.71. The average molecular weight is 730 g/mol. The quantitative estimate of drug-likeness (QED) is 0.156. The molecule has 4 amide bonds. The van der Waals surface area contributed by atoms with E-state index in [2.05, 4.69) is 0 Å². The van der Waals surface area contributed by atoms with Gasteiger partial charge in [-0.3, -0.25) is 19.2 Å². The number of nitrogens with zero attached hydrogens (tertiary/aromatic N) is 2. The Morgan fingerprint density at radius 1 is 0.353 bits per heavy atom. The van der Waals surface area contributed by atoms with Crippen molar-refractivity contribution >= 4 is 35.0 Å². The highest BCUT2D eigenvalue weighted by atomic mass is 19.4. The van der Waals surface area contributed by atoms with E-state index in [1.807, 2.05) is 0 Å². The van der Waals surface area contributed by atoms with Crippen molar-refractivity contribution in [1.29, 1.82) is 0 Å². The molecule has 2 aliphatic heterocycles. The molecule has 18 heteroatoms. The van der Waals surface area contributed by atoms with Crippen LogP contribution in [-0.2, 0) is 17.8 Å². The van der Waals surface area contributed by atoms with E-state index in [4.69, 9.17) is 0 Å². The third-order valence-electron chi connectivity index (χ3n) is 8.40. The van der Waals surface area contributed by atoms with Crippen LogP contribution in [0, 0.1) is 0 Å². The van der Waals surface area contributed by atoms with E-state index >= 15 is 26.3 Å². The van der Waals surface area contributed by atoms with Crippen molar-refractivity contribution in [2.45, 2.75) is 30.1 Å². The molecule has 264 valence electrons. The molecule has 4 aromatic carbocycles. The molecule has 0 N–H and O–H groups in total. The maximum absolute atomic E-state index is 15.0. The first-order valence-corrected chi connectivity index (χ1v) is 14.0. The van der Waals surface area contributed by atoms with Crippen LogP contribution in [-0.4, -0.2) is 36.0 Å². The Morgan fingerprint density at radius 2 is 0.627 bits per heavy atom. The van der Waals surface area contributed by atoms with Gasteiger partial charge in [0.2, 0.25) is 5.41 Å². The Balaban J connectivity index is 1.45. The van der Waals surface area contributed by atoms with E-state index in [0.29, 0.717) is 60.7 Å². The number of carbonyl (C=O) groups excluding carboxylic acids is 4. The topological polar surface area (TPSA) is 74.8 Å². The number of halogens is 12. The number of hydrogen-bond donors (Lipinski definition) is 0. The smallest absolute Gasteiger partial charge is 0.268 e. The van der Waals surface area contributed by atoms with Gasteiger partial charge in [0.1, 0.15) is 0 Å². The first-order chi connectivity index (χ1) is 23.5. The van der Waals surface area contributed by atoms with Gasteiger partial charge in [-0.25, -0.2) is 9.80 Å². The predicted octanol–water partition coefficient (Wildman–Crippen LogP) is 8.74. The van der Waals surface area contributed by atoms with E-state index in [1.54, 1.807) is 0 Å². The van der Waals surface area contributed by atoms with Crippen molar-refractivity contribution in [1.82, 2.24) is 0 Å². The van der Waals surface area contributed by atoms with Crippen molar-refractivity contribution in [3.8, 4) is 0 Å². The molecule has 0 fully saturated rings. The van der Waals surface area contributed by atoms with Crippen LogP contribution < -0.4 is 9.80 Å². The Hall–Kier alpha value is -5.68. The predicted molar refractivity (Wildman–Crippen MR) is 151 cm³/mol. The highest BCUT2D eigenvalue weighted by molar-refractivity contribution is 6.35. The number of rotatable bonds is 4. The normalized spacial score (nSPS) is 15.5. The molecule has 0 aromatic heterocycles. The van der Waals surface area contributed by atoms with E-state index < -0.39 is 110 Å². The summed E-state index contributed by atoms with van der Waals surface area (Å²) in [6.45, 7) is 0. The van der Waals surface area contributed by atoms with E-state index in [-0.39, 0.29) is 34.1 Å². The minimum atomic E-state index is -6.29. The first kappa shape index (κ1) is 35.2. The van der Waals surface area contributed by atoms with Gasteiger partial charge in [-0.05, 0) is 83.9 Å². The third kappa shape index (κ3) is 5.31. The summed E-state index contributed by atoms with van der Waals surface area (Å²) in [6.07, 6.45) is -22.2. The van der Waals surface area contributed by atoms with Gasteiger partial charge < -0.3 is 0 Å². The van der Waals surface area contributed by atoms with Crippen LogP contribution in [0.25, 0.3) is 0 Å². The molecule has 0 radical (unpaired) electrons. The molecular weight excluding hydrogens is 716 g/mol. The van der Waals surface area contributed by atoms with Gasteiger partial charge in [-0.15, -0.1) is 0 Å². The summed E-state index contributed by atoms with van der Waals surface area (Å²) in [5.41, 5.74) is -14.8. The average Bonchev–Trinajstić information content (AvgIpc) is 3.42. The van der Waals surface area contributed by atoms with Crippen LogP contribution in [0.4, 0.5) is 64.1 Å². The fourth-order valence-electron chi connectivity index (χ4n) is 6.00. The van der Waals surface area contributed by atoms with Crippen molar-refractivity contribution < 1.29 is 71.9 Å². The van der Waals surface area contributed by atoms with Crippen LogP contribution in [0.3, 0.4) is 0 Å². The van der Waals surface area contributed by atoms with Crippen molar-refractivity contribution in [3.05, 3.63) is 129 Å². The van der Waals surface area contributed by atoms with Gasteiger partial charge in [0.15, 0.2) is 0 Å². The molecule has 0 aliphatic carbocycles. The fourth-order valence-corrected chi connectivity index (χ4v) is 6.00. The summed E-state index contributed by atoms with van der Waals surface area (Å²) in [5, 5.41) is 0. The summed E-state index contributed by atoms with van der Waals surface area (Å²) in [7, 11) is 0. The summed E-state index contributed by atoms with van der Waals surface area (Å²) < 4.78 is 168. The molecule has 0 unspecified atom stereocenters. The second kappa shape index (κ2) is 11.2. The molecule has 2 heterocycles. The minimum Gasteiger partial charge on any atom is -0.268 e. The van der Waals surface area contributed by atoms with Gasteiger partial charge in [0, 0.05) is 0 Å². The molecule has 0 saturated carbocycles. The maximum atomic E-state index is 15.0. The SMILES string of the molecule is O=C1c2ccc(C(c3ccc4c(c3)C(=O)N(c3ccc(C(F)(F)F)cc3)C4=O)(C(F)(F)F)C(F)(F)F)cc2C(=O)N1c1ccc(C(F)(F)F)cc1. The van der Waals surface area contributed by atoms with Crippen LogP contribution >= 0.6 is 0 Å². The molecule has 6 rings (SSSR count). The van der Waals surface area contributed by atoms with E-state index in [9.17, 15) is 45.5 Å². The summed E-state index contributed by atoms with van der Waals surface area (Å²) in [5.74, 6) is -5.40. The van der Waals surface area contributed by atoms with E-state index in [0.717, 1.165) is 0 Å². The van der Waals surface area contributed by atoms with Crippen LogP contribution in [0.1, 0.15) is 63.7 Å². The van der Waals surface area contributed by atoms with Gasteiger partial charge in [0.25, 0.3) is 23.6 Å². The molecule has 0 atom stereocenters. The maximum Gasteiger partial charge on any atom is 0.416 e. The van der Waals surface area contributed by atoms with Crippen molar-refractivity contribution in [3.63, 3.8) is 0 Å². The van der Waals surface area contributed by atoms with Crippen LogP contribution in [0.15, 0.2) is 84.9 Å². The van der Waals surface area contributed by atoms with E-state index in [1.165, 1.54) is 0 Å². The number of hydrogen-bond acceptors (Lipinski definition) is 4. The Morgan fingerprint density at radius 3 is 0.902 bits per heavy atom. The summed E-state index contributed by atoms with van der Waals surface area (Å²) in [4.78, 5) is 53.1. The lowest BCUT2D eigenvalue weighted by Crippen LogP contribution is -2.55. The van der Waals surface area contributed by atoms with Crippen LogP contribution in [0.5, 0.6) is 0 Å². The Kier molecular flexibility index (Phi) is 7.69. The number of carbonyl (C=O) groups is 4. The third-order valence-corrected chi connectivity index (χ3v) is 8.40. The molecule has 2 aliphatic rings. The molecule has 0 spiro atoms. The number of benzene rings is 4. The lowest BCUT2D eigenvalue weighted by Gasteiger charge is -2.38. The summed E-state index contributed by atoms with van der Waals surface area (Å²) in [6, 6.07) is 6.72. The van der Waals surface area contributed by atoms with Gasteiger partial charge in [0.05, 0.1) is 44.8 Å². The van der Waals surface area contributed by atoms with Crippen molar-refractivity contribution in [2.24, 2.45) is 0 Å². The first-order valence-electron chi connectivity index (χ1n) is 14.0. The Bertz CT molecular complexity index is 1980. The lowest BCUT2D eigenvalue weighted by molar-refractivity contribution is -0.288. The number of anilines is 2. The number of alkyl halides is 12. The largest absolute Gasteiger partial charge is 0.416 e. The zero-order valence-corrected chi connectivity index (χ0v) is 24.6. The van der Waals surface area contributed by atoms with Gasteiger partial charge in [-0.1, -0.05) is 12.1 Å². The highest BCUT2D eigenvalue weighted by Gasteiger charge is 2.73. The minimum absolute atomic E-state index is 0.162. The molecular formula is C33H14F12N2O4. The summed E-state index contributed by atoms with van der Waals surface area (Å²) >= 11 is 0.